The third kappa shape index (κ3) is 2.50. The molecule has 3 nitrogen and oxygen atoms in total. The van der Waals surface area contributed by atoms with E-state index in [1.54, 1.807) is 0 Å². The molecule has 0 amide bonds. The van der Waals surface area contributed by atoms with Crippen molar-refractivity contribution in [2.45, 2.75) is 44.9 Å². The summed E-state index contributed by atoms with van der Waals surface area (Å²) in [5, 5.41) is 0. The molecule has 1 saturated carbocycles. The summed E-state index contributed by atoms with van der Waals surface area (Å²) in [5.41, 5.74) is 0.333. The van der Waals surface area contributed by atoms with Crippen LogP contribution in [-0.4, -0.2) is 25.8 Å². The average Bonchev–Trinajstić information content (AvgIpc) is 2.18. The van der Waals surface area contributed by atoms with Crippen LogP contribution < -0.4 is 0 Å². The number of nitrogens with zero attached hydrogens (tertiary/aromatic N) is 1. The van der Waals surface area contributed by atoms with Gasteiger partial charge in [-0.2, -0.15) is 12.7 Å². The van der Waals surface area contributed by atoms with E-state index in [4.69, 9.17) is 0 Å². The van der Waals surface area contributed by atoms with E-state index in [2.05, 4.69) is 0 Å². The molecule has 1 heterocycles. The molecule has 0 aromatic rings. The molecular weight excluding hydrogens is 217 g/mol. The molecule has 2 aliphatic rings. The Balaban J connectivity index is 1.96. The normalized spacial score (nSPS) is 28.1. The zero-order valence-corrected chi connectivity index (χ0v) is 9.73. The van der Waals surface area contributed by atoms with Gasteiger partial charge in [0.2, 0.25) is 0 Å². The molecule has 0 aromatic carbocycles. The highest BCUT2D eigenvalue weighted by Crippen LogP contribution is 2.44. The van der Waals surface area contributed by atoms with Crippen LogP contribution in [0.15, 0.2) is 0 Å². The summed E-state index contributed by atoms with van der Waals surface area (Å²) in [6, 6.07) is 0. The number of hydrogen-bond acceptors (Lipinski definition) is 2. The second kappa shape index (κ2) is 4.01. The number of piperidine rings is 1. The van der Waals surface area contributed by atoms with E-state index >= 15 is 0 Å². The molecule has 0 bridgehead atoms. The summed E-state index contributed by atoms with van der Waals surface area (Å²) in [7, 11) is -4.45. The highest BCUT2D eigenvalue weighted by molar-refractivity contribution is 7.83. The largest absolute Gasteiger partial charge is 0.374 e. The Bertz CT molecular complexity index is 312. The average molecular weight is 235 g/mol. The Labute approximate surface area is 91.0 Å². The van der Waals surface area contributed by atoms with Crippen molar-refractivity contribution in [1.29, 1.82) is 0 Å². The molecule has 88 valence electrons. The third-order valence-corrected chi connectivity index (χ3v) is 4.99. The topological polar surface area (TPSA) is 37.4 Å². The number of hydrogen-bond donors (Lipinski definition) is 0. The predicted molar refractivity (Wildman–Crippen MR) is 56.4 cm³/mol. The maximum absolute atomic E-state index is 12.7. The summed E-state index contributed by atoms with van der Waals surface area (Å²) in [6.45, 7) is 0.748. The highest BCUT2D eigenvalue weighted by atomic mass is 32.3. The van der Waals surface area contributed by atoms with Crippen LogP contribution in [0.2, 0.25) is 0 Å². The summed E-state index contributed by atoms with van der Waals surface area (Å²) in [5.74, 6) is 0. The van der Waals surface area contributed by atoms with E-state index in [0.29, 0.717) is 18.5 Å². The van der Waals surface area contributed by atoms with Crippen molar-refractivity contribution >= 4 is 10.4 Å². The van der Waals surface area contributed by atoms with Gasteiger partial charge >= 0.3 is 10.4 Å². The van der Waals surface area contributed by atoms with Crippen molar-refractivity contribution in [1.82, 2.24) is 4.31 Å². The van der Waals surface area contributed by atoms with E-state index < -0.39 is 10.4 Å². The van der Waals surface area contributed by atoms with Gasteiger partial charge in [-0.3, -0.25) is 0 Å². The second-order valence-corrected chi connectivity index (χ2v) is 6.24. The zero-order chi connectivity index (χ0) is 10.9. The van der Waals surface area contributed by atoms with Gasteiger partial charge in [-0.05, 0) is 31.1 Å². The molecule has 0 aromatic heterocycles. The summed E-state index contributed by atoms with van der Waals surface area (Å²) in [4.78, 5) is 0. The molecule has 1 saturated heterocycles. The van der Waals surface area contributed by atoms with Gasteiger partial charge in [0.25, 0.3) is 0 Å². The van der Waals surface area contributed by atoms with Crippen LogP contribution in [0.3, 0.4) is 0 Å². The van der Waals surface area contributed by atoms with Crippen LogP contribution in [-0.2, 0) is 10.4 Å². The molecule has 1 aliphatic carbocycles. The Kier molecular flexibility index (Phi) is 3.03. The van der Waals surface area contributed by atoms with Gasteiger partial charge < -0.3 is 0 Å². The van der Waals surface area contributed by atoms with Gasteiger partial charge in [0.1, 0.15) is 0 Å². The minimum Gasteiger partial charge on any atom is -0.177 e. The van der Waals surface area contributed by atoms with Gasteiger partial charge in [0.15, 0.2) is 0 Å². The lowest BCUT2D eigenvalue weighted by Gasteiger charge is -2.42. The minimum atomic E-state index is -4.45. The fraction of sp³-hybridized carbons (Fsp3) is 1.00. The van der Waals surface area contributed by atoms with Crippen molar-refractivity contribution in [3.63, 3.8) is 0 Å². The quantitative estimate of drug-likeness (QED) is 0.654. The summed E-state index contributed by atoms with van der Waals surface area (Å²) in [6.07, 6.45) is 7.89. The smallest absolute Gasteiger partial charge is 0.177 e. The molecule has 0 unspecified atom stereocenters. The standard InChI is InChI=1S/C10H18FNO2S/c11-15(13,14)12-8-6-10(7-9-12)4-2-1-3-5-10/h1-9H2. The Morgan fingerprint density at radius 1 is 0.933 bits per heavy atom. The van der Waals surface area contributed by atoms with Crippen LogP contribution in [0.1, 0.15) is 44.9 Å². The fourth-order valence-electron chi connectivity index (χ4n) is 2.98. The van der Waals surface area contributed by atoms with Gasteiger partial charge in [-0.15, -0.1) is 0 Å². The van der Waals surface area contributed by atoms with E-state index in [9.17, 15) is 12.3 Å². The molecule has 0 N–H and O–H groups in total. The fourth-order valence-corrected chi connectivity index (χ4v) is 3.60. The van der Waals surface area contributed by atoms with Crippen LogP contribution in [0.5, 0.6) is 0 Å². The molecule has 2 rings (SSSR count). The summed E-state index contributed by atoms with van der Waals surface area (Å²) < 4.78 is 35.1. The van der Waals surface area contributed by atoms with E-state index in [-0.39, 0.29) is 0 Å². The minimum absolute atomic E-state index is 0.333. The van der Waals surface area contributed by atoms with Crippen molar-refractivity contribution < 1.29 is 12.3 Å². The third-order valence-electron chi connectivity index (χ3n) is 4.01. The molecule has 2 fully saturated rings. The van der Waals surface area contributed by atoms with Gasteiger partial charge in [0, 0.05) is 13.1 Å². The van der Waals surface area contributed by atoms with E-state index in [1.165, 1.54) is 32.1 Å². The zero-order valence-electron chi connectivity index (χ0n) is 8.91. The van der Waals surface area contributed by atoms with Gasteiger partial charge in [-0.25, -0.2) is 0 Å². The van der Waals surface area contributed by atoms with Crippen LogP contribution in [0, 0.1) is 5.41 Å². The van der Waals surface area contributed by atoms with Crippen LogP contribution >= 0.6 is 0 Å². The first-order valence-electron chi connectivity index (χ1n) is 5.72. The van der Waals surface area contributed by atoms with Crippen molar-refractivity contribution in [2.24, 2.45) is 5.41 Å². The lowest BCUT2D eigenvalue weighted by molar-refractivity contribution is 0.100. The Hall–Kier alpha value is -0.160. The first kappa shape index (κ1) is 11.3. The maximum Gasteiger partial charge on any atom is 0.374 e. The Morgan fingerprint density at radius 2 is 1.47 bits per heavy atom. The summed E-state index contributed by atoms with van der Waals surface area (Å²) >= 11 is 0. The Morgan fingerprint density at radius 3 is 1.93 bits per heavy atom. The lowest BCUT2D eigenvalue weighted by atomic mass is 9.68. The maximum atomic E-state index is 12.7. The molecule has 15 heavy (non-hydrogen) atoms. The monoisotopic (exact) mass is 235 g/mol. The number of halogens is 1. The van der Waals surface area contributed by atoms with Crippen molar-refractivity contribution in [3.05, 3.63) is 0 Å². The predicted octanol–water partition coefficient (Wildman–Crippen LogP) is 2.25. The number of rotatable bonds is 1. The molecule has 1 spiro atoms. The van der Waals surface area contributed by atoms with Gasteiger partial charge in [-0.1, -0.05) is 23.1 Å². The first-order valence-corrected chi connectivity index (χ1v) is 7.06. The lowest BCUT2D eigenvalue weighted by Crippen LogP contribution is -2.42. The molecule has 0 radical (unpaired) electrons. The van der Waals surface area contributed by atoms with Crippen molar-refractivity contribution in [3.8, 4) is 0 Å². The van der Waals surface area contributed by atoms with Crippen LogP contribution in [0.4, 0.5) is 3.89 Å². The molecular formula is C10H18FNO2S. The second-order valence-electron chi connectivity index (χ2n) is 4.90. The first-order chi connectivity index (χ1) is 7.02. The molecule has 0 atom stereocenters. The SMILES string of the molecule is O=S(=O)(F)N1CCC2(CCCCC2)CC1. The van der Waals surface area contributed by atoms with E-state index in [0.717, 1.165) is 17.1 Å². The van der Waals surface area contributed by atoms with Gasteiger partial charge in [0.05, 0.1) is 0 Å². The molecule has 1 aliphatic heterocycles. The van der Waals surface area contributed by atoms with E-state index in [1.807, 2.05) is 0 Å². The van der Waals surface area contributed by atoms with Crippen molar-refractivity contribution in [2.75, 3.05) is 13.1 Å². The highest BCUT2D eigenvalue weighted by Gasteiger charge is 2.38. The molecule has 5 heteroatoms. The van der Waals surface area contributed by atoms with Crippen LogP contribution in [0.25, 0.3) is 0 Å².